The molecule has 1 saturated heterocycles. The summed E-state index contributed by atoms with van der Waals surface area (Å²) >= 11 is 0. The van der Waals surface area contributed by atoms with Crippen molar-refractivity contribution in [2.24, 2.45) is 5.11 Å². The minimum atomic E-state index is -3.13. The monoisotopic (exact) mass is 977 g/mol. The number of azide groups is 1. The number of hydrogen-bond donors (Lipinski definition) is 1. The molecule has 1 heterocycles. The topological polar surface area (TPSA) is 143 Å². The van der Waals surface area contributed by atoms with Crippen LogP contribution in [0.15, 0.2) is 200 Å². The lowest BCUT2D eigenvalue weighted by Crippen LogP contribution is -2.68. The molecule has 7 rings (SSSR count). The van der Waals surface area contributed by atoms with Crippen LogP contribution >= 0.6 is 0 Å². The van der Waals surface area contributed by atoms with Crippen molar-refractivity contribution in [3.8, 4) is 0 Å². The molecule has 0 unspecified atom stereocenters. The molecule has 1 N–H and O–H groups in total. The largest absolute Gasteiger partial charge is 0.405 e. The lowest BCUT2D eigenvalue weighted by atomic mass is 9.97. The Kier molecular flexibility index (Phi) is 20.3. The number of rotatable bonds is 27. The zero-order chi connectivity index (χ0) is 49.7. The van der Waals surface area contributed by atoms with Gasteiger partial charge in [0.15, 0.2) is 6.29 Å². The van der Waals surface area contributed by atoms with Crippen LogP contribution in [0.2, 0.25) is 5.04 Å². The summed E-state index contributed by atoms with van der Waals surface area (Å²) in [7, 11) is -3.13. The molecule has 1 aliphatic rings. The highest BCUT2D eigenvalue weighted by Gasteiger charge is 2.53. The van der Waals surface area contributed by atoms with E-state index in [1.54, 1.807) is 6.08 Å². The molecule has 372 valence electrons. The maximum Gasteiger partial charge on any atom is 0.261 e. The van der Waals surface area contributed by atoms with Gasteiger partial charge in [0.05, 0.1) is 59.0 Å². The van der Waals surface area contributed by atoms with Gasteiger partial charge in [-0.05, 0) is 43.2 Å². The SMILES string of the molecule is C=CCOC[C@@H](OCc1ccccc1)[C@@H](OCc1ccccc1)[C@H](CO[C@@H]1O[C@H](CO[Si](c2ccccc2)(c2ccccc2)C(C)(C)C)[C@H](OCc2ccccc2)[C@H](O)[C@H]1N=[N+]=[N-])OCc1ccccc1. The molecule has 0 aromatic heterocycles. The normalized spacial score (nSPS) is 19.5. The third-order valence-corrected chi connectivity index (χ3v) is 17.6. The van der Waals surface area contributed by atoms with Crippen LogP contribution in [0.3, 0.4) is 0 Å². The summed E-state index contributed by atoms with van der Waals surface area (Å²) in [5.41, 5.74) is 13.8. The zero-order valence-electron chi connectivity index (χ0n) is 40.9. The van der Waals surface area contributed by atoms with E-state index in [1.807, 2.05) is 158 Å². The van der Waals surface area contributed by atoms with Crippen molar-refractivity contribution in [1.82, 2.24) is 0 Å². The highest BCUT2D eigenvalue weighted by Crippen LogP contribution is 2.38. The molecule has 8 atom stereocenters. The van der Waals surface area contributed by atoms with E-state index in [0.29, 0.717) is 0 Å². The average Bonchev–Trinajstić information content (AvgIpc) is 3.40. The van der Waals surface area contributed by atoms with E-state index in [1.165, 1.54) is 0 Å². The van der Waals surface area contributed by atoms with Crippen molar-refractivity contribution in [3.63, 3.8) is 0 Å². The van der Waals surface area contributed by atoms with Crippen LogP contribution in [0.25, 0.3) is 10.4 Å². The Morgan fingerprint density at radius 2 is 1.07 bits per heavy atom. The fourth-order valence-electron chi connectivity index (χ4n) is 9.01. The van der Waals surface area contributed by atoms with Gasteiger partial charge in [0.25, 0.3) is 8.32 Å². The third-order valence-electron chi connectivity index (χ3n) is 12.6. The van der Waals surface area contributed by atoms with Gasteiger partial charge in [-0.2, -0.15) is 0 Å². The fraction of sp³-hybridized carbons (Fsp3) is 0.345. The summed E-state index contributed by atoms with van der Waals surface area (Å²) in [5.74, 6) is 0. The first kappa shape index (κ1) is 53.0. The number of aliphatic hydroxyl groups is 1. The maximum atomic E-state index is 12.4. The zero-order valence-corrected chi connectivity index (χ0v) is 41.9. The van der Waals surface area contributed by atoms with Crippen LogP contribution in [0.5, 0.6) is 0 Å². The van der Waals surface area contributed by atoms with Gasteiger partial charge in [-0.15, -0.1) is 6.58 Å². The third kappa shape index (κ3) is 14.7. The summed E-state index contributed by atoms with van der Waals surface area (Å²) in [6.07, 6.45) is -5.12. The van der Waals surface area contributed by atoms with Gasteiger partial charge in [-0.3, -0.25) is 0 Å². The molecule has 6 aromatic rings. The predicted octanol–water partition coefficient (Wildman–Crippen LogP) is 9.89. The van der Waals surface area contributed by atoms with E-state index in [9.17, 15) is 10.6 Å². The molecular weight excluding hydrogens is 911 g/mol. The first-order chi connectivity index (χ1) is 34.7. The molecular formula is C58H67N3O9Si. The molecule has 0 amide bonds. The molecule has 0 spiro atoms. The van der Waals surface area contributed by atoms with Crippen LogP contribution in [0, 0.1) is 0 Å². The second-order valence-corrected chi connectivity index (χ2v) is 22.9. The number of ether oxygens (including phenoxy) is 7. The predicted molar refractivity (Wildman–Crippen MR) is 278 cm³/mol. The average molecular weight is 978 g/mol. The van der Waals surface area contributed by atoms with Crippen LogP contribution < -0.4 is 10.4 Å². The number of hydrogen-bond acceptors (Lipinski definition) is 10. The van der Waals surface area contributed by atoms with E-state index >= 15 is 0 Å². The first-order valence-electron chi connectivity index (χ1n) is 24.2. The summed E-state index contributed by atoms with van der Waals surface area (Å²) < 4.78 is 54.2. The van der Waals surface area contributed by atoms with E-state index in [0.717, 1.165) is 32.6 Å². The molecule has 1 aliphatic heterocycles. The summed E-state index contributed by atoms with van der Waals surface area (Å²) in [5, 5.41) is 18.3. The minimum Gasteiger partial charge on any atom is -0.405 e. The van der Waals surface area contributed by atoms with E-state index in [-0.39, 0.29) is 57.9 Å². The van der Waals surface area contributed by atoms with Crippen molar-refractivity contribution >= 4 is 18.7 Å². The molecule has 12 nitrogen and oxygen atoms in total. The highest BCUT2D eigenvalue weighted by atomic mass is 28.4. The Hall–Kier alpha value is -5.77. The smallest absolute Gasteiger partial charge is 0.261 e. The summed E-state index contributed by atoms with van der Waals surface area (Å²) in [6, 6.07) is 58.7. The van der Waals surface area contributed by atoms with Gasteiger partial charge in [0.2, 0.25) is 0 Å². The second-order valence-electron chi connectivity index (χ2n) is 18.6. The minimum absolute atomic E-state index is 0.0133. The van der Waals surface area contributed by atoms with Crippen molar-refractivity contribution in [3.05, 3.63) is 227 Å². The highest BCUT2D eigenvalue weighted by molar-refractivity contribution is 6.99. The van der Waals surface area contributed by atoms with Crippen molar-refractivity contribution in [1.29, 1.82) is 0 Å². The van der Waals surface area contributed by atoms with Gasteiger partial charge in [-0.1, -0.05) is 214 Å². The van der Waals surface area contributed by atoms with E-state index < -0.39 is 57.3 Å². The number of benzene rings is 6. The van der Waals surface area contributed by atoms with Gasteiger partial charge in [-0.25, -0.2) is 0 Å². The molecule has 71 heavy (non-hydrogen) atoms. The van der Waals surface area contributed by atoms with Gasteiger partial charge < -0.3 is 42.7 Å². The molecule has 6 aromatic carbocycles. The Labute approximate surface area is 419 Å². The lowest BCUT2D eigenvalue weighted by Gasteiger charge is -2.47. The van der Waals surface area contributed by atoms with Crippen LogP contribution in [0.1, 0.15) is 43.0 Å². The second kappa shape index (κ2) is 27.2. The molecule has 0 radical (unpaired) electrons. The van der Waals surface area contributed by atoms with Crippen LogP contribution in [0.4, 0.5) is 0 Å². The Balaban J connectivity index is 1.24. The summed E-state index contributed by atoms with van der Waals surface area (Å²) in [6.45, 7) is 11.6. The standard InChI is InChI=1S/C58H67N3O9Si/c1-5-36-63-41-50(64-37-44-24-12-6-13-25-44)55(66-39-46-28-16-8-17-29-46)51(65-38-45-26-14-7-15-27-45)42-68-57-53(60-61-59)54(62)56(67-40-47-30-18-9-19-31-47)52(70-57)43-69-71(58(2,3)4,48-32-20-10-21-33-48)49-34-22-11-23-35-49/h5-35,50-57,62H,1,36-43H2,2-4H3/t50-,51+,52-,53-,54-,55-,56+,57-/m1/s1. The van der Waals surface area contributed by atoms with E-state index in [2.05, 4.69) is 61.6 Å². The molecule has 0 saturated carbocycles. The van der Waals surface area contributed by atoms with Crippen molar-refractivity contribution in [2.75, 3.05) is 26.4 Å². The van der Waals surface area contributed by atoms with E-state index in [4.69, 9.17) is 37.6 Å². The van der Waals surface area contributed by atoms with Crippen LogP contribution in [-0.4, -0.2) is 88.8 Å². The number of nitrogens with zero attached hydrogens (tertiary/aromatic N) is 3. The molecule has 13 heteroatoms. The molecule has 0 aliphatic carbocycles. The molecule has 0 bridgehead atoms. The Bertz CT molecular complexity index is 2450. The quantitative estimate of drug-likeness (QED) is 0.0133. The lowest BCUT2D eigenvalue weighted by molar-refractivity contribution is -0.284. The van der Waals surface area contributed by atoms with Crippen molar-refractivity contribution in [2.45, 2.75) is 101 Å². The molecule has 1 fully saturated rings. The van der Waals surface area contributed by atoms with Gasteiger partial charge in [0, 0.05) is 4.91 Å². The Morgan fingerprint density at radius 1 is 0.634 bits per heavy atom. The first-order valence-corrected chi connectivity index (χ1v) is 26.2. The van der Waals surface area contributed by atoms with Crippen LogP contribution in [-0.2, 0) is 64.0 Å². The van der Waals surface area contributed by atoms with Gasteiger partial charge >= 0.3 is 0 Å². The fourth-order valence-corrected chi connectivity index (χ4v) is 13.6. The van der Waals surface area contributed by atoms with Crippen molar-refractivity contribution < 1.29 is 42.7 Å². The van der Waals surface area contributed by atoms with Gasteiger partial charge in [0.1, 0.15) is 36.6 Å². The Morgan fingerprint density at radius 3 is 1.52 bits per heavy atom. The summed E-state index contributed by atoms with van der Waals surface area (Å²) in [4.78, 5) is 3.18. The number of aliphatic hydroxyl groups excluding tert-OH is 1. The maximum absolute atomic E-state index is 12.4.